The fourth-order valence-electron chi connectivity index (χ4n) is 2.82. The van der Waals surface area contributed by atoms with Gasteiger partial charge in [-0.1, -0.05) is 23.2 Å². The highest BCUT2D eigenvalue weighted by molar-refractivity contribution is 6.42. The zero-order valence-electron chi connectivity index (χ0n) is 14.3. The van der Waals surface area contributed by atoms with Crippen LogP contribution in [-0.4, -0.2) is 40.0 Å². The zero-order chi connectivity index (χ0) is 19.8. The zero-order valence-corrected chi connectivity index (χ0v) is 15.8. The number of anilines is 1. The van der Waals surface area contributed by atoms with Crippen LogP contribution < -0.4 is 5.32 Å². The summed E-state index contributed by atoms with van der Waals surface area (Å²) in [6, 6.07) is 10.2. The Labute approximate surface area is 169 Å². The maximum absolute atomic E-state index is 12.2. The quantitative estimate of drug-likeness (QED) is 0.617. The van der Waals surface area contributed by atoms with E-state index in [2.05, 4.69) is 10.3 Å². The van der Waals surface area contributed by atoms with Crippen molar-refractivity contribution in [3.05, 3.63) is 58.2 Å². The van der Waals surface area contributed by atoms with E-state index in [1.54, 1.807) is 36.4 Å². The van der Waals surface area contributed by atoms with Crippen LogP contribution in [-0.2, 0) is 9.59 Å². The number of nitrogens with one attached hydrogen (secondary N) is 1. The van der Waals surface area contributed by atoms with Gasteiger partial charge in [0.25, 0.3) is 11.8 Å². The van der Waals surface area contributed by atoms with Crippen molar-refractivity contribution >= 4 is 51.8 Å². The third-order valence-corrected chi connectivity index (χ3v) is 4.91. The number of β-amino-alcohol motifs (C(OH)–C–C–N with tert-alkyl or cyclic N) is 1. The van der Waals surface area contributed by atoms with E-state index in [0.717, 1.165) is 4.90 Å². The number of nitrogens with zero attached hydrogens (tertiary/aromatic N) is 2. The van der Waals surface area contributed by atoms with E-state index in [1.165, 1.54) is 6.08 Å². The van der Waals surface area contributed by atoms with Crippen LogP contribution in [0.4, 0.5) is 5.69 Å². The molecular weight excluding hydrogens is 405 g/mol. The normalized spacial score (nSPS) is 14.1. The first-order valence-corrected chi connectivity index (χ1v) is 9.03. The molecule has 4 rings (SSSR count). The maximum Gasteiger partial charge on any atom is 0.277 e. The van der Waals surface area contributed by atoms with E-state index < -0.39 is 11.8 Å². The molecule has 0 bridgehead atoms. The van der Waals surface area contributed by atoms with Crippen molar-refractivity contribution in [1.82, 2.24) is 9.88 Å². The number of benzene rings is 2. The highest BCUT2D eigenvalue weighted by atomic mass is 35.5. The molecule has 2 aromatic carbocycles. The Hall–Kier alpha value is -2.87. The number of halogens is 2. The number of carbonyl (C=O) groups is 2. The summed E-state index contributed by atoms with van der Waals surface area (Å²) in [4.78, 5) is 29.5. The summed E-state index contributed by atoms with van der Waals surface area (Å²) in [7, 11) is 0. The lowest BCUT2D eigenvalue weighted by Crippen LogP contribution is -2.34. The average Bonchev–Trinajstić information content (AvgIpc) is 3.20. The van der Waals surface area contributed by atoms with Gasteiger partial charge in [-0.3, -0.25) is 14.5 Å². The monoisotopic (exact) mass is 417 g/mol. The van der Waals surface area contributed by atoms with Crippen LogP contribution in [0.5, 0.6) is 0 Å². The van der Waals surface area contributed by atoms with E-state index in [-0.39, 0.29) is 18.8 Å². The van der Waals surface area contributed by atoms with Crippen molar-refractivity contribution < 1.29 is 19.1 Å². The summed E-state index contributed by atoms with van der Waals surface area (Å²) in [6.45, 7) is -0.338. The van der Waals surface area contributed by atoms with Gasteiger partial charge in [0, 0.05) is 17.3 Å². The highest BCUT2D eigenvalue weighted by Gasteiger charge is 2.30. The lowest BCUT2D eigenvalue weighted by atomic mass is 10.2. The molecule has 28 heavy (non-hydrogen) atoms. The van der Waals surface area contributed by atoms with Crippen molar-refractivity contribution in [2.45, 2.75) is 0 Å². The molecular formula is C19H13Cl2N3O4. The number of aliphatic hydroxyl groups is 1. The van der Waals surface area contributed by atoms with E-state index in [9.17, 15) is 9.59 Å². The van der Waals surface area contributed by atoms with E-state index in [4.69, 9.17) is 32.7 Å². The minimum atomic E-state index is -0.490. The summed E-state index contributed by atoms with van der Waals surface area (Å²) in [6.07, 6.45) is 1.20. The number of fused-ring (bicyclic) bond motifs is 1. The molecule has 1 aliphatic rings. The Morgan fingerprint density at radius 2 is 1.93 bits per heavy atom. The summed E-state index contributed by atoms with van der Waals surface area (Å²) in [5, 5.41) is 12.7. The number of hydrogen-bond donors (Lipinski definition) is 2. The predicted molar refractivity (Wildman–Crippen MR) is 105 cm³/mol. The summed E-state index contributed by atoms with van der Waals surface area (Å²) in [5.41, 5.74) is 2.50. The van der Waals surface area contributed by atoms with Gasteiger partial charge < -0.3 is 14.8 Å². The Balaban J connectivity index is 1.60. The van der Waals surface area contributed by atoms with Crippen LogP contribution in [0, 0.1) is 0 Å². The minimum Gasteiger partial charge on any atom is -0.436 e. The molecule has 1 aromatic heterocycles. The van der Waals surface area contributed by atoms with Gasteiger partial charge in [-0.2, -0.15) is 0 Å². The fourth-order valence-corrected chi connectivity index (χ4v) is 3.12. The van der Waals surface area contributed by atoms with Crippen molar-refractivity contribution in [3.63, 3.8) is 0 Å². The number of hydrogen-bond acceptors (Lipinski definition) is 6. The SMILES string of the molecule is O=C1C=C(Nc2ccc3oc(-c4ccc(Cl)c(Cl)c4)nc3c2)C(=O)N1CCO. The summed E-state index contributed by atoms with van der Waals surface area (Å²) in [5.74, 6) is -0.576. The second-order valence-electron chi connectivity index (χ2n) is 6.03. The van der Waals surface area contributed by atoms with E-state index >= 15 is 0 Å². The van der Waals surface area contributed by atoms with Crippen LogP contribution >= 0.6 is 23.2 Å². The highest BCUT2D eigenvalue weighted by Crippen LogP contribution is 2.31. The minimum absolute atomic E-state index is 0.0469. The van der Waals surface area contributed by atoms with Crippen molar-refractivity contribution in [2.24, 2.45) is 0 Å². The number of aliphatic hydroxyl groups excluding tert-OH is 1. The van der Waals surface area contributed by atoms with Gasteiger partial charge >= 0.3 is 0 Å². The Bertz CT molecular complexity index is 1140. The summed E-state index contributed by atoms with van der Waals surface area (Å²) < 4.78 is 5.75. The smallest absolute Gasteiger partial charge is 0.277 e. The van der Waals surface area contributed by atoms with Gasteiger partial charge in [0.2, 0.25) is 5.89 Å². The van der Waals surface area contributed by atoms with Gasteiger partial charge in [0.15, 0.2) is 5.58 Å². The lowest BCUT2D eigenvalue weighted by molar-refractivity contribution is -0.137. The van der Waals surface area contributed by atoms with Crippen molar-refractivity contribution in [1.29, 1.82) is 0 Å². The van der Waals surface area contributed by atoms with Gasteiger partial charge in [-0.05, 0) is 36.4 Å². The Morgan fingerprint density at radius 1 is 1.11 bits per heavy atom. The molecule has 7 nitrogen and oxygen atoms in total. The fraction of sp³-hybridized carbons (Fsp3) is 0.105. The third-order valence-electron chi connectivity index (χ3n) is 4.17. The molecule has 0 fully saturated rings. The number of oxazole rings is 1. The first kappa shape index (κ1) is 18.5. The van der Waals surface area contributed by atoms with Crippen LogP contribution in [0.25, 0.3) is 22.6 Å². The second kappa shape index (κ2) is 7.27. The molecule has 0 saturated carbocycles. The molecule has 0 saturated heterocycles. The summed E-state index contributed by atoms with van der Waals surface area (Å²) >= 11 is 12.0. The first-order valence-electron chi connectivity index (χ1n) is 8.27. The molecule has 2 N–H and O–H groups in total. The maximum atomic E-state index is 12.2. The predicted octanol–water partition coefficient (Wildman–Crippen LogP) is 3.46. The van der Waals surface area contributed by atoms with Crippen molar-refractivity contribution in [3.8, 4) is 11.5 Å². The molecule has 2 amide bonds. The van der Waals surface area contributed by atoms with Crippen molar-refractivity contribution in [2.75, 3.05) is 18.5 Å². The van der Waals surface area contributed by atoms with E-state index in [1.807, 2.05) is 0 Å². The second-order valence-corrected chi connectivity index (χ2v) is 6.85. The van der Waals surface area contributed by atoms with E-state index in [0.29, 0.717) is 38.3 Å². The van der Waals surface area contributed by atoms with Crippen LogP contribution in [0.3, 0.4) is 0 Å². The molecule has 0 spiro atoms. The number of rotatable bonds is 5. The van der Waals surface area contributed by atoms with Gasteiger partial charge in [-0.25, -0.2) is 4.98 Å². The van der Waals surface area contributed by atoms with Crippen LogP contribution in [0.15, 0.2) is 52.6 Å². The topological polar surface area (TPSA) is 95.7 Å². The standard InChI is InChI=1S/C19H13Cl2N3O4/c20-12-3-1-10(7-13(12)21)18-23-14-8-11(2-4-16(14)28-18)22-15-9-17(26)24(5-6-25)19(15)27/h1-4,7-9,22,25H,5-6H2. The number of carbonyl (C=O) groups excluding carboxylic acids is 2. The molecule has 0 unspecified atom stereocenters. The number of amides is 2. The number of imide groups is 1. The molecule has 3 aromatic rings. The first-order chi connectivity index (χ1) is 13.5. The lowest BCUT2D eigenvalue weighted by Gasteiger charge is -2.13. The third kappa shape index (κ3) is 3.35. The molecule has 142 valence electrons. The Kier molecular flexibility index (Phi) is 4.80. The average molecular weight is 418 g/mol. The Morgan fingerprint density at radius 3 is 2.68 bits per heavy atom. The molecule has 9 heteroatoms. The number of aromatic nitrogens is 1. The molecule has 0 atom stereocenters. The molecule has 0 aliphatic carbocycles. The van der Waals surface area contributed by atoms with Gasteiger partial charge in [0.1, 0.15) is 11.2 Å². The molecule has 0 radical (unpaired) electrons. The largest absolute Gasteiger partial charge is 0.436 e. The van der Waals surface area contributed by atoms with Crippen LogP contribution in [0.2, 0.25) is 10.0 Å². The van der Waals surface area contributed by atoms with Gasteiger partial charge in [0.05, 0.1) is 23.2 Å². The van der Waals surface area contributed by atoms with Gasteiger partial charge in [-0.15, -0.1) is 0 Å². The molecule has 1 aliphatic heterocycles. The van der Waals surface area contributed by atoms with Crippen LogP contribution in [0.1, 0.15) is 0 Å². The molecule has 2 heterocycles.